The Hall–Kier alpha value is -1.15. The molecule has 2 aliphatic heterocycles. The van der Waals surface area contributed by atoms with Crippen molar-refractivity contribution in [3.05, 3.63) is 28.8 Å². The predicted molar refractivity (Wildman–Crippen MR) is 100.0 cm³/mol. The smallest absolute Gasteiger partial charge is 0.251 e. The number of benzene rings is 1. The lowest BCUT2D eigenvalue weighted by Gasteiger charge is -2.21. The minimum Gasteiger partial charge on any atom is -0.376 e. The maximum absolute atomic E-state index is 13.0. The summed E-state index contributed by atoms with van der Waals surface area (Å²) < 4.78 is 33.0. The highest BCUT2D eigenvalue weighted by atomic mass is 35.5. The van der Waals surface area contributed by atoms with E-state index in [0.29, 0.717) is 25.2 Å². The molecule has 0 radical (unpaired) electrons. The van der Waals surface area contributed by atoms with Gasteiger partial charge in [0.15, 0.2) is 0 Å². The van der Waals surface area contributed by atoms with Crippen molar-refractivity contribution >= 4 is 27.5 Å². The molecule has 144 valence electrons. The lowest BCUT2D eigenvalue weighted by Crippen LogP contribution is -2.33. The highest BCUT2D eigenvalue weighted by molar-refractivity contribution is 7.89. The van der Waals surface area contributed by atoms with Crippen LogP contribution in [-0.2, 0) is 14.8 Å². The number of amides is 1. The van der Waals surface area contributed by atoms with Crippen LogP contribution in [0.4, 0.5) is 0 Å². The molecule has 1 amide bonds. The fourth-order valence-corrected chi connectivity index (χ4v) is 5.39. The van der Waals surface area contributed by atoms with Crippen molar-refractivity contribution in [2.24, 2.45) is 0 Å². The first kappa shape index (κ1) is 19.6. The van der Waals surface area contributed by atoms with Crippen molar-refractivity contribution in [1.29, 1.82) is 0 Å². The molecule has 0 aliphatic carbocycles. The fourth-order valence-electron chi connectivity index (χ4n) is 3.38. The molecule has 0 saturated carbocycles. The Morgan fingerprint density at radius 3 is 2.58 bits per heavy atom. The van der Waals surface area contributed by atoms with E-state index >= 15 is 0 Å². The monoisotopic (exact) mass is 400 g/mol. The number of nitrogens with one attached hydrogen (secondary N) is 1. The Kier molecular flexibility index (Phi) is 6.55. The third-order valence-electron chi connectivity index (χ3n) is 4.89. The molecule has 2 aliphatic rings. The van der Waals surface area contributed by atoms with Crippen LogP contribution in [0.3, 0.4) is 0 Å². The van der Waals surface area contributed by atoms with E-state index in [9.17, 15) is 13.2 Å². The van der Waals surface area contributed by atoms with Crippen molar-refractivity contribution in [3.63, 3.8) is 0 Å². The quantitative estimate of drug-likeness (QED) is 0.824. The second-order valence-corrected chi connectivity index (χ2v) is 9.12. The van der Waals surface area contributed by atoms with E-state index in [1.54, 1.807) is 6.07 Å². The van der Waals surface area contributed by atoms with E-state index in [1.807, 2.05) is 0 Å². The van der Waals surface area contributed by atoms with Gasteiger partial charge in [-0.3, -0.25) is 4.79 Å². The van der Waals surface area contributed by atoms with Crippen molar-refractivity contribution in [2.75, 3.05) is 26.2 Å². The van der Waals surface area contributed by atoms with Gasteiger partial charge in [0.2, 0.25) is 10.0 Å². The summed E-state index contributed by atoms with van der Waals surface area (Å²) in [5, 5.41) is 2.96. The zero-order valence-electron chi connectivity index (χ0n) is 14.7. The molecule has 6 nitrogen and oxygen atoms in total. The van der Waals surface area contributed by atoms with Gasteiger partial charge < -0.3 is 10.1 Å². The molecule has 8 heteroatoms. The summed E-state index contributed by atoms with van der Waals surface area (Å²) in [7, 11) is -3.71. The van der Waals surface area contributed by atoms with E-state index < -0.39 is 10.0 Å². The van der Waals surface area contributed by atoms with Gasteiger partial charge >= 0.3 is 0 Å². The molecular formula is C18H25ClN2O4S. The van der Waals surface area contributed by atoms with Crippen LogP contribution in [0.15, 0.2) is 23.1 Å². The molecular weight excluding hydrogens is 376 g/mol. The van der Waals surface area contributed by atoms with Gasteiger partial charge in [-0.1, -0.05) is 24.4 Å². The molecule has 0 spiro atoms. The molecule has 0 aromatic heterocycles. The zero-order chi connectivity index (χ0) is 18.6. The number of sulfonamides is 1. The number of rotatable bonds is 5. The summed E-state index contributed by atoms with van der Waals surface area (Å²) in [4.78, 5) is 12.4. The molecule has 1 aromatic carbocycles. The normalized spacial score (nSPS) is 22.1. The largest absolute Gasteiger partial charge is 0.376 e. The van der Waals surface area contributed by atoms with E-state index in [-0.39, 0.29) is 21.9 Å². The van der Waals surface area contributed by atoms with E-state index in [1.165, 1.54) is 16.4 Å². The second kappa shape index (κ2) is 8.69. The summed E-state index contributed by atoms with van der Waals surface area (Å²) in [6.45, 7) is 2.14. The maximum Gasteiger partial charge on any atom is 0.251 e. The Morgan fingerprint density at radius 2 is 1.92 bits per heavy atom. The standard InChI is InChI=1S/C18H25ClN2O4S/c19-16-8-7-14(18(22)20-13-15-6-5-11-25-15)12-17(16)26(23,24)21-9-3-1-2-4-10-21/h7-8,12,15H,1-6,9-11,13H2,(H,20,22)/t15-/m0/s1. The molecule has 3 rings (SSSR count). The first-order chi connectivity index (χ1) is 12.5. The average molecular weight is 401 g/mol. The highest BCUT2D eigenvalue weighted by Gasteiger charge is 2.28. The molecule has 2 heterocycles. The maximum atomic E-state index is 13.0. The van der Waals surface area contributed by atoms with Crippen molar-refractivity contribution < 1.29 is 17.9 Å². The number of nitrogens with zero attached hydrogens (tertiary/aromatic N) is 1. The lowest BCUT2D eigenvalue weighted by atomic mass is 10.2. The molecule has 2 saturated heterocycles. The predicted octanol–water partition coefficient (Wildman–Crippen LogP) is 2.81. The third kappa shape index (κ3) is 4.57. The third-order valence-corrected chi connectivity index (χ3v) is 7.27. The van der Waals surface area contributed by atoms with Gasteiger partial charge in [-0.2, -0.15) is 4.31 Å². The first-order valence-corrected chi connectivity index (χ1v) is 11.0. The van der Waals surface area contributed by atoms with Crippen molar-refractivity contribution in [1.82, 2.24) is 9.62 Å². The zero-order valence-corrected chi connectivity index (χ0v) is 16.3. The topological polar surface area (TPSA) is 75.7 Å². The Bertz CT molecular complexity index is 740. The van der Waals surface area contributed by atoms with E-state index in [2.05, 4.69) is 5.32 Å². The minimum atomic E-state index is -3.71. The van der Waals surface area contributed by atoms with Gasteiger partial charge in [-0.15, -0.1) is 0 Å². The molecule has 1 atom stereocenters. The second-order valence-electron chi connectivity index (χ2n) is 6.81. The van der Waals surface area contributed by atoms with Gasteiger partial charge in [-0.25, -0.2) is 8.42 Å². The van der Waals surface area contributed by atoms with E-state index in [0.717, 1.165) is 45.1 Å². The number of hydrogen-bond donors (Lipinski definition) is 1. The summed E-state index contributed by atoms with van der Waals surface area (Å²) >= 11 is 6.17. The van der Waals surface area contributed by atoms with Crippen LogP contribution in [-0.4, -0.2) is 51.0 Å². The molecule has 1 N–H and O–H groups in total. The summed E-state index contributed by atoms with van der Waals surface area (Å²) in [6.07, 6.45) is 5.72. The van der Waals surface area contributed by atoms with E-state index in [4.69, 9.17) is 16.3 Å². The van der Waals surface area contributed by atoms with Gasteiger partial charge in [0.05, 0.1) is 11.1 Å². The van der Waals surface area contributed by atoms with Gasteiger partial charge in [-0.05, 0) is 43.9 Å². The Morgan fingerprint density at radius 1 is 1.19 bits per heavy atom. The SMILES string of the molecule is O=C(NC[C@@H]1CCCO1)c1ccc(Cl)c(S(=O)(=O)N2CCCCCC2)c1. The minimum absolute atomic E-state index is 0.00540. The lowest BCUT2D eigenvalue weighted by molar-refractivity contribution is 0.0857. The molecule has 0 bridgehead atoms. The van der Waals surface area contributed by atoms with Gasteiger partial charge in [0, 0.05) is 31.8 Å². The molecule has 26 heavy (non-hydrogen) atoms. The van der Waals surface area contributed by atoms with Crippen LogP contribution >= 0.6 is 11.6 Å². The highest BCUT2D eigenvalue weighted by Crippen LogP contribution is 2.27. The summed E-state index contributed by atoms with van der Waals surface area (Å²) in [5.41, 5.74) is 0.292. The fraction of sp³-hybridized carbons (Fsp3) is 0.611. The number of carbonyl (C=O) groups excluding carboxylic acids is 1. The Labute approximate surface area is 159 Å². The van der Waals surface area contributed by atoms with Crippen LogP contribution in [0.1, 0.15) is 48.9 Å². The van der Waals surface area contributed by atoms with Crippen molar-refractivity contribution in [3.8, 4) is 0 Å². The number of ether oxygens (including phenoxy) is 1. The van der Waals surface area contributed by atoms with Crippen LogP contribution in [0.5, 0.6) is 0 Å². The van der Waals surface area contributed by atoms with Crippen molar-refractivity contribution in [2.45, 2.75) is 49.5 Å². The van der Waals surface area contributed by atoms with Gasteiger partial charge in [0.1, 0.15) is 4.90 Å². The molecule has 1 aromatic rings. The first-order valence-electron chi connectivity index (χ1n) is 9.18. The van der Waals surface area contributed by atoms with Crippen LogP contribution < -0.4 is 5.32 Å². The van der Waals surface area contributed by atoms with Crippen LogP contribution in [0.25, 0.3) is 0 Å². The van der Waals surface area contributed by atoms with Crippen LogP contribution in [0, 0.1) is 0 Å². The average Bonchev–Trinajstić information content (AvgIpc) is 2.99. The molecule has 0 unspecified atom stereocenters. The number of halogens is 1. The number of carbonyl (C=O) groups is 1. The summed E-state index contributed by atoms with van der Waals surface area (Å²) in [6, 6.07) is 4.41. The van der Waals surface area contributed by atoms with Crippen LogP contribution in [0.2, 0.25) is 5.02 Å². The summed E-state index contributed by atoms with van der Waals surface area (Å²) in [5.74, 6) is -0.315. The molecule has 2 fully saturated rings. The Balaban J connectivity index is 1.76. The van der Waals surface area contributed by atoms with Gasteiger partial charge in [0.25, 0.3) is 5.91 Å². The number of hydrogen-bond acceptors (Lipinski definition) is 4.